The van der Waals surface area contributed by atoms with Gasteiger partial charge in [0.2, 0.25) is 0 Å². The second-order valence-corrected chi connectivity index (χ2v) is 32.7. The number of para-hydroxylation sites is 2. The fourth-order valence-corrected chi connectivity index (χ4v) is 17.2. The largest absolute Gasteiger partial charge is 0.308 e. The minimum atomic E-state index is 0.692. The number of benzene rings is 14. The minimum absolute atomic E-state index is 0.692. The van der Waals surface area contributed by atoms with Gasteiger partial charge in [-0.15, -0.1) is 0 Å². The summed E-state index contributed by atoms with van der Waals surface area (Å²) in [4.78, 5) is 50.6. The first kappa shape index (κ1) is 80.7. The van der Waals surface area contributed by atoms with Gasteiger partial charge >= 0.3 is 0 Å². The molecule has 0 amide bonds. The lowest BCUT2D eigenvalue weighted by atomic mass is 9.99. The summed E-state index contributed by atoms with van der Waals surface area (Å²) in [6.07, 6.45) is 5.81. The second kappa shape index (κ2) is 36.7. The molecule has 0 unspecified atom stereocenters. The van der Waals surface area contributed by atoms with E-state index in [1.54, 1.807) is 0 Å². The van der Waals surface area contributed by atoms with Gasteiger partial charge in [0, 0.05) is 73.2 Å². The van der Waals surface area contributed by atoms with Crippen LogP contribution >= 0.6 is 0 Å². The van der Waals surface area contributed by atoms with Crippen LogP contribution < -0.4 is 0 Å². The molecule has 0 radical (unpaired) electrons. The molecule has 0 saturated heterocycles. The highest BCUT2D eigenvalue weighted by Crippen LogP contribution is 2.40. The molecule has 0 aliphatic rings. The molecule has 11 heteroatoms. The Morgan fingerprint density at radius 3 is 0.617 bits per heavy atom. The van der Waals surface area contributed by atoms with Crippen molar-refractivity contribution in [3.8, 4) is 208 Å². The molecular weight excluding hydrogens is 1620 g/mol. The predicted molar refractivity (Wildman–Crippen MR) is 543 cm³/mol. The van der Waals surface area contributed by atoms with E-state index in [-0.39, 0.29) is 0 Å². The van der Waals surface area contributed by atoms with Gasteiger partial charge in [-0.05, 0) is 152 Å². The summed E-state index contributed by atoms with van der Waals surface area (Å²) >= 11 is 0. The Balaban J connectivity index is 0.000000155. The van der Waals surface area contributed by atoms with E-state index in [1.165, 1.54) is 10.8 Å². The maximum Gasteiger partial charge on any atom is 0.160 e. The highest BCUT2D eigenvalue weighted by Gasteiger charge is 2.21. The van der Waals surface area contributed by atoms with E-state index in [2.05, 4.69) is 369 Å². The third-order valence-electron chi connectivity index (χ3n) is 24.1. The van der Waals surface area contributed by atoms with Crippen LogP contribution in [0.2, 0.25) is 0 Å². The standard InChI is InChI=1S/C61H40N6.C61H41N5/c1-4-14-41(15-5-1)49-36-57(64-58(37-49)54-35-33-50(40-63-54)67-59-22-12-10-20-51(59)52-21-11-13-23-60(52)67)53-34-32-48(39-62-53)44-26-24-42(25-27-44)43-28-30-47(31-29-43)61-65-55(45-16-6-2-7-17-45)38-56(66-61)46-18-8-3-9-19-46;1-6-16-42(17-7-1)52-36-55(47-20-10-3-11-21-47)63-59(38-52)60-39-53(43-18-8-2-9-19-43)37-58(64-60)54-35-34-51(41-62-54)46-28-26-44(27-29-46)45-30-32-50(33-31-45)61-65-56(48-22-12-4-13-23-48)40-57(66-61)49-24-14-5-15-25-49/h1-40H;1-41H. The normalized spacial score (nSPS) is 11.2. The zero-order chi connectivity index (χ0) is 88.6. The Labute approximate surface area is 771 Å². The van der Waals surface area contributed by atoms with Gasteiger partial charge in [0.1, 0.15) is 0 Å². The lowest BCUT2D eigenvalue weighted by molar-refractivity contribution is 1.13. The topological polar surface area (TPSA) is 134 Å². The molecule has 133 heavy (non-hydrogen) atoms. The van der Waals surface area contributed by atoms with E-state index < -0.39 is 0 Å². The highest BCUT2D eigenvalue weighted by atomic mass is 15.0. The van der Waals surface area contributed by atoms with Crippen molar-refractivity contribution in [2.75, 3.05) is 0 Å². The van der Waals surface area contributed by atoms with Crippen LogP contribution in [0.25, 0.3) is 230 Å². The quantitative estimate of drug-likeness (QED) is 0.0770. The molecule has 0 spiro atoms. The highest BCUT2D eigenvalue weighted by molar-refractivity contribution is 6.09. The Bertz CT molecular complexity index is 7820. The van der Waals surface area contributed by atoms with Crippen molar-refractivity contribution in [2.45, 2.75) is 0 Å². The lowest BCUT2D eigenvalue weighted by Crippen LogP contribution is -1.97. The molecule has 0 saturated carbocycles. The average Bonchev–Trinajstić information content (AvgIpc) is 1.59. The fraction of sp³-hybridized carbons (Fsp3) is 0. The van der Waals surface area contributed by atoms with Crippen molar-refractivity contribution >= 4 is 21.8 Å². The average molecular weight is 1700 g/mol. The van der Waals surface area contributed by atoms with Crippen molar-refractivity contribution in [1.29, 1.82) is 0 Å². The molecule has 14 aromatic carbocycles. The molecular formula is C122H81N11. The molecule has 0 N–H and O–H groups in total. The zero-order valence-corrected chi connectivity index (χ0v) is 72.2. The summed E-state index contributed by atoms with van der Waals surface area (Å²) in [5.41, 5.74) is 36.4. The van der Waals surface area contributed by atoms with Gasteiger partial charge in [-0.3, -0.25) is 15.0 Å². The molecule has 0 fully saturated rings. The van der Waals surface area contributed by atoms with Crippen LogP contribution in [0.15, 0.2) is 492 Å². The number of pyridine rings is 6. The summed E-state index contributed by atoms with van der Waals surface area (Å²) in [6.45, 7) is 0. The van der Waals surface area contributed by atoms with Crippen LogP contribution in [0, 0.1) is 0 Å². The molecule has 0 atom stereocenters. The van der Waals surface area contributed by atoms with Crippen molar-refractivity contribution in [2.24, 2.45) is 0 Å². The Hall–Kier alpha value is -18.1. The molecule has 9 heterocycles. The Kier molecular flexibility index (Phi) is 22.3. The number of hydrogen-bond acceptors (Lipinski definition) is 10. The van der Waals surface area contributed by atoms with Gasteiger partial charge in [0.25, 0.3) is 0 Å². The maximum atomic E-state index is 5.25. The van der Waals surface area contributed by atoms with E-state index in [0.717, 1.165) is 208 Å². The fourth-order valence-electron chi connectivity index (χ4n) is 17.2. The SMILES string of the molecule is c1ccc(-c2cc(-c3ccc(-c4ccc(-c5ccc(-c6nc(-c7ccccc7)cc(-c7ccccc7)n6)cc5)cc4)cn3)nc(-c3ccc(-n4c5ccccc5c5ccccc54)cn3)c2)cc1.c1ccc(-c2cc(-c3ccccc3)nc(-c3cc(-c4ccccc4)cc(-c4ccc(-c5ccc(-c6ccc(-c7nc(-c8ccccc8)cc(-c8ccccc8)n7)cc6)cc5)cn4)n3)c2)cc1. The molecule has 624 valence electrons. The van der Waals surface area contributed by atoms with Gasteiger partial charge in [-0.2, -0.15) is 0 Å². The lowest BCUT2D eigenvalue weighted by Gasteiger charge is -2.13. The van der Waals surface area contributed by atoms with Crippen LogP contribution in [0.3, 0.4) is 0 Å². The first-order valence-electron chi connectivity index (χ1n) is 44.4. The van der Waals surface area contributed by atoms with Gasteiger partial charge in [0.05, 0.1) is 96.9 Å². The summed E-state index contributed by atoms with van der Waals surface area (Å²) in [6, 6.07) is 163. The Morgan fingerprint density at radius 2 is 0.338 bits per heavy atom. The van der Waals surface area contributed by atoms with E-state index in [0.29, 0.717) is 11.6 Å². The van der Waals surface area contributed by atoms with E-state index in [4.69, 9.17) is 49.8 Å². The monoisotopic (exact) mass is 1700 g/mol. The Morgan fingerprint density at radius 1 is 0.128 bits per heavy atom. The van der Waals surface area contributed by atoms with E-state index in [1.807, 2.05) is 128 Å². The summed E-state index contributed by atoms with van der Waals surface area (Å²) in [7, 11) is 0. The predicted octanol–water partition coefficient (Wildman–Crippen LogP) is 30.4. The molecule has 0 aliphatic carbocycles. The summed E-state index contributed by atoms with van der Waals surface area (Å²) in [5.74, 6) is 1.38. The van der Waals surface area contributed by atoms with Crippen LogP contribution in [0.4, 0.5) is 0 Å². The molecule has 0 aliphatic heterocycles. The number of aromatic nitrogens is 11. The minimum Gasteiger partial charge on any atom is -0.308 e. The smallest absolute Gasteiger partial charge is 0.160 e. The maximum absolute atomic E-state index is 5.25. The molecule has 9 aromatic heterocycles. The molecule has 11 nitrogen and oxygen atoms in total. The molecule has 23 aromatic rings. The third kappa shape index (κ3) is 17.5. The van der Waals surface area contributed by atoms with Gasteiger partial charge < -0.3 is 4.57 Å². The number of fused-ring (bicyclic) bond motifs is 3. The summed E-state index contributed by atoms with van der Waals surface area (Å²) in [5, 5.41) is 2.44. The van der Waals surface area contributed by atoms with Crippen molar-refractivity contribution in [1.82, 2.24) is 54.4 Å². The number of rotatable bonds is 19. The van der Waals surface area contributed by atoms with Crippen LogP contribution in [0.1, 0.15) is 0 Å². The van der Waals surface area contributed by atoms with Gasteiger partial charge in [-0.1, -0.05) is 388 Å². The van der Waals surface area contributed by atoms with Gasteiger partial charge in [-0.25, -0.2) is 34.9 Å². The first-order chi connectivity index (χ1) is 65.8. The molecule has 23 rings (SSSR count). The van der Waals surface area contributed by atoms with Crippen LogP contribution in [-0.4, -0.2) is 54.4 Å². The van der Waals surface area contributed by atoms with Crippen LogP contribution in [0.5, 0.6) is 0 Å². The number of nitrogens with zero attached hydrogens (tertiary/aromatic N) is 11. The van der Waals surface area contributed by atoms with E-state index >= 15 is 0 Å². The van der Waals surface area contributed by atoms with Crippen molar-refractivity contribution in [3.63, 3.8) is 0 Å². The van der Waals surface area contributed by atoms with Gasteiger partial charge in [0.15, 0.2) is 11.6 Å². The zero-order valence-electron chi connectivity index (χ0n) is 72.2. The van der Waals surface area contributed by atoms with Crippen molar-refractivity contribution < 1.29 is 0 Å². The second-order valence-electron chi connectivity index (χ2n) is 32.7. The molecule has 0 bridgehead atoms. The summed E-state index contributed by atoms with van der Waals surface area (Å²) < 4.78 is 2.28. The first-order valence-corrected chi connectivity index (χ1v) is 44.4. The third-order valence-corrected chi connectivity index (χ3v) is 24.1. The van der Waals surface area contributed by atoms with Crippen molar-refractivity contribution in [3.05, 3.63) is 492 Å². The number of hydrogen-bond donors (Lipinski definition) is 0. The van der Waals surface area contributed by atoms with E-state index in [9.17, 15) is 0 Å². The van der Waals surface area contributed by atoms with Crippen LogP contribution in [-0.2, 0) is 0 Å².